The molecule has 0 amide bonds. The third kappa shape index (κ3) is 1.15. The van der Waals surface area contributed by atoms with Gasteiger partial charge in [0, 0.05) is 12.2 Å². The molecular weight excluding hydrogens is 124 g/mol. The van der Waals surface area contributed by atoms with Crippen molar-refractivity contribution < 1.29 is 0 Å². The molecule has 1 aliphatic heterocycles. The summed E-state index contributed by atoms with van der Waals surface area (Å²) in [6, 6.07) is 0.345. The highest BCUT2D eigenvalue weighted by Gasteiger charge is 2.21. The normalized spacial score (nSPS) is 24.8. The van der Waals surface area contributed by atoms with Crippen molar-refractivity contribution in [2.24, 2.45) is 5.73 Å². The Labute approximate surface area is 62.0 Å². The number of likely N-dealkylation sites (tertiary alicyclic amines) is 1. The zero-order valence-electron chi connectivity index (χ0n) is 6.21. The van der Waals surface area contributed by atoms with Crippen LogP contribution >= 0.6 is 0 Å². The van der Waals surface area contributed by atoms with E-state index in [-0.39, 0.29) is 0 Å². The van der Waals surface area contributed by atoms with E-state index in [1.54, 1.807) is 0 Å². The van der Waals surface area contributed by atoms with Gasteiger partial charge in [-0.15, -0.1) is 0 Å². The fourth-order valence-electron chi connectivity index (χ4n) is 1.41. The molecule has 1 rings (SSSR count). The summed E-state index contributed by atoms with van der Waals surface area (Å²) in [5, 5.41) is 0. The molecule has 0 aromatic rings. The van der Waals surface area contributed by atoms with Crippen LogP contribution in [0.3, 0.4) is 0 Å². The average Bonchev–Trinajstić information content (AvgIpc) is 2.33. The molecule has 0 radical (unpaired) electrons. The van der Waals surface area contributed by atoms with Crippen LogP contribution in [0.25, 0.3) is 0 Å². The van der Waals surface area contributed by atoms with E-state index >= 15 is 0 Å². The van der Waals surface area contributed by atoms with E-state index in [0.29, 0.717) is 6.04 Å². The number of rotatable bonds is 2. The van der Waals surface area contributed by atoms with E-state index in [4.69, 9.17) is 5.73 Å². The lowest BCUT2D eigenvalue weighted by atomic mass is 10.2. The second-order valence-electron chi connectivity index (χ2n) is 2.65. The van der Waals surface area contributed by atoms with Crippen molar-refractivity contribution in [3.63, 3.8) is 0 Å². The van der Waals surface area contributed by atoms with Gasteiger partial charge in [-0.25, -0.2) is 0 Å². The van der Waals surface area contributed by atoms with E-state index in [1.807, 2.05) is 6.20 Å². The second-order valence-corrected chi connectivity index (χ2v) is 2.65. The zero-order chi connectivity index (χ0) is 7.56. The summed E-state index contributed by atoms with van der Waals surface area (Å²) in [6.07, 6.45) is 4.17. The molecule has 1 heterocycles. The number of hydrogen-bond donors (Lipinski definition) is 1. The predicted octanol–water partition coefficient (Wildman–Crippen LogP) is 1.07. The average molecular weight is 138 g/mol. The molecule has 1 aliphatic rings. The Hall–Kier alpha value is -0.920. The van der Waals surface area contributed by atoms with Gasteiger partial charge in [0.05, 0.1) is 6.04 Å². The third-order valence-electron chi connectivity index (χ3n) is 1.96. The summed E-state index contributed by atoms with van der Waals surface area (Å²) >= 11 is 0. The maximum atomic E-state index is 5.58. The van der Waals surface area contributed by atoms with Gasteiger partial charge in [0.25, 0.3) is 0 Å². The van der Waals surface area contributed by atoms with E-state index in [2.05, 4.69) is 18.1 Å². The standard InChI is InChI=1S/C8H14N2/c1-3-10-6-4-5-8(10)7(2)9/h3,8H,1-2,4-6,9H2. The molecule has 56 valence electrons. The molecule has 0 aromatic heterocycles. The van der Waals surface area contributed by atoms with Crippen LogP contribution in [0.1, 0.15) is 12.8 Å². The lowest BCUT2D eigenvalue weighted by Crippen LogP contribution is -2.28. The number of hydrogen-bond acceptors (Lipinski definition) is 2. The molecule has 0 saturated carbocycles. The highest BCUT2D eigenvalue weighted by atomic mass is 15.2. The van der Waals surface area contributed by atoms with Crippen LogP contribution in [-0.2, 0) is 0 Å². The van der Waals surface area contributed by atoms with Crippen LogP contribution in [0.4, 0.5) is 0 Å². The Morgan fingerprint density at radius 2 is 2.40 bits per heavy atom. The van der Waals surface area contributed by atoms with Crippen molar-refractivity contribution in [1.82, 2.24) is 4.90 Å². The van der Waals surface area contributed by atoms with Crippen LogP contribution < -0.4 is 5.73 Å². The zero-order valence-corrected chi connectivity index (χ0v) is 6.21. The summed E-state index contributed by atoms with van der Waals surface area (Å²) in [6.45, 7) is 8.50. The number of nitrogens with zero attached hydrogens (tertiary/aromatic N) is 1. The Balaban J connectivity index is 2.58. The van der Waals surface area contributed by atoms with E-state index in [9.17, 15) is 0 Å². The Morgan fingerprint density at radius 1 is 1.70 bits per heavy atom. The molecule has 1 atom stereocenters. The van der Waals surface area contributed by atoms with Gasteiger partial charge in [0.2, 0.25) is 0 Å². The minimum absolute atomic E-state index is 0.345. The molecule has 1 unspecified atom stereocenters. The van der Waals surface area contributed by atoms with Crippen LogP contribution in [0.15, 0.2) is 25.1 Å². The summed E-state index contributed by atoms with van der Waals surface area (Å²) in [4.78, 5) is 2.14. The van der Waals surface area contributed by atoms with Crippen LogP contribution in [0.5, 0.6) is 0 Å². The topological polar surface area (TPSA) is 29.3 Å². The van der Waals surface area contributed by atoms with Crippen LogP contribution in [-0.4, -0.2) is 17.5 Å². The minimum Gasteiger partial charge on any atom is -0.401 e. The van der Waals surface area contributed by atoms with Gasteiger partial charge in [-0.3, -0.25) is 0 Å². The first kappa shape index (κ1) is 7.19. The largest absolute Gasteiger partial charge is 0.401 e. The molecule has 1 saturated heterocycles. The van der Waals surface area contributed by atoms with Gasteiger partial charge in [0.1, 0.15) is 0 Å². The lowest BCUT2D eigenvalue weighted by molar-refractivity contribution is 0.387. The monoisotopic (exact) mass is 138 g/mol. The molecule has 0 aromatic carbocycles. The Kier molecular flexibility index (Phi) is 2.00. The fourth-order valence-corrected chi connectivity index (χ4v) is 1.41. The maximum Gasteiger partial charge on any atom is 0.0675 e. The van der Waals surface area contributed by atoms with Crippen molar-refractivity contribution in [3.05, 3.63) is 25.1 Å². The molecule has 2 N–H and O–H groups in total. The summed E-state index contributed by atoms with van der Waals surface area (Å²) in [7, 11) is 0. The van der Waals surface area contributed by atoms with Gasteiger partial charge >= 0.3 is 0 Å². The van der Waals surface area contributed by atoms with Crippen molar-refractivity contribution in [2.75, 3.05) is 6.54 Å². The fraction of sp³-hybridized carbons (Fsp3) is 0.500. The highest BCUT2D eigenvalue weighted by Crippen LogP contribution is 2.19. The molecule has 2 nitrogen and oxygen atoms in total. The third-order valence-corrected chi connectivity index (χ3v) is 1.96. The molecule has 2 heteroatoms. The SMILES string of the molecule is C=CN1CCCC1C(=C)N. The number of nitrogens with two attached hydrogens (primary N) is 1. The Bertz CT molecular complexity index is 151. The molecule has 0 bridgehead atoms. The molecule has 0 aliphatic carbocycles. The van der Waals surface area contributed by atoms with Gasteiger partial charge in [-0.2, -0.15) is 0 Å². The van der Waals surface area contributed by atoms with Crippen LogP contribution in [0.2, 0.25) is 0 Å². The van der Waals surface area contributed by atoms with Crippen molar-refractivity contribution in [2.45, 2.75) is 18.9 Å². The molecule has 0 spiro atoms. The quantitative estimate of drug-likeness (QED) is 0.618. The first-order chi connectivity index (χ1) is 4.75. The molecule has 10 heavy (non-hydrogen) atoms. The van der Waals surface area contributed by atoms with Crippen LogP contribution in [0, 0.1) is 0 Å². The molecule has 1 fully saturated rings. The first-order valence-corrected chi connectivity index (χ1v) is 3.58. The Morgan fingerprint density at radius 3 is 2.80 bits per heavy atom. The van der Waals surface area contributed by atoms with Gasteiger partial charge in [-0.1, -0.05) is 13.2 Å². The predicted molar refractivity (Wildman–Crippen MR) is 43.3 cm³/mol. The summed E-state index contributed by atoms with van der Waals surface area (Å²) < 4.78 is 0. The highest BCUT2D eigenvalue weighted by molar-refractivity contribution is 5.05. The lowest BCUT2D eigenvalue weighted by Gasteiger charge is -2.21. The van der Waals surface area contributed by atoms with Gasteiger partial charge in [0.15, 0.2) is 0 Å². The van der Waals surface area contributed by atoms with Crippen molar-refractivity contribution in [1.29, 1.82) is 0 Å². The van der Waals surface area contributed by atoms with Gasteiger partial charge < -0.3 is 10.6 Å². The van der Waals surface area contributed by atoms with E-state index in [0.717, 1.165) is 18.7 Å². The summed E-state index contributed by atoms with van der Waals surface area (Å²) in [5.41, 5.74) is 6.34. The first-order valence-electron chi connectivity index (χ1n) is 3.58. The van der Waals surface area contributed by atoms with Crippen molar-refractivity contribution >= 4 is 0 Å². The smallest absolute Gasteiger partial charge is 0.0675 e. The van der Waals surface area contributed by atoms with E-state index in [1.165, 1.54) is 6.42 Å². The van der Waals surface area contributed by atoms with Crippen molar-refractivity contribution in [3.8, 4) is 0 Å². The second kappa shape index (κ2) is 2.78. The molecular formula is C8H14N2. The van der Waals surface area contributed by atoms with Gasteiger partial charge in [-0.05, 0) is 19.0 Å². The summed E-state index contributed by atoms with van der Waals surface area (Å²) in [5.74, 6) is 0. The van der Waals surface area contributed by atoms with E-state index < -0.39 is 0 Å². The maximum absolute atomic E-state index is 5.58. The minimum atomic E-state index is 0.345.